The third-order valence-corrected chi connectivity index (χ3v) is 8.59. The number of benzene rings is 1. The monoisotopic (exact) mass is 504 g/mol. The van der Waals surface area contributed by atoms with Crippen LogP contribution in [0.1, 0.15) is 36.0 Å². The van der Waals surface area contributed by atoms with E-state index in [1.54, 1.807) is 13.3 Å². The van der Waals surface area contributed by atoms with Crippen LogP contribution in [0.25, 0.3) is 33.6 Å². The van der Waals surface area contributed by atoms with Crippen molar-refractivity contribution >= 4 is 39.6 Å². The minimum absolute atomic E-state index is 0.00624. The summed E-state index contributed by atoms with van der Waals surface area (Å²) in [6.45, 7) is 1.63. The molecule has 2 bridgehead atoms. The minimum atomic E-state index is 0.00624. The van der Waals surface area contributed by atoms with Gasteiger partial charge in [-0.3, -0.25) is 4.79 Å². The van der Waals surface area contributed by atoms with Crippen molar-refractivity contribution in [3.8, 4) is 17.3 Å². The summed E-state index contributed by atoms with van der Waals surface area (Å²) < 4.78 is 10.1. The number of carbonyl (C=O) groups is 1. The Bertz CT molecular complexity index is 1540. The molecule has 2 aliphatic carbocycles. The number of likely N-dealkylation sites (tertiary alicyclic amines) is 1. The molecule has 1 saturated heterocycles. The van der Waals surface area contributed by atoms with E-state index in [0.717, 1.165) is 59.5 Å². The summed E-state index contributed by atoms with van der Waals surface area (Å²) in [5, 5.41) is 1.61. The Morgan fingerprint density at radius 3 is 2.72 bits per heavy atom. The molecule has 3 unspecified atom stereocenters. The Kier molecular flexibility index (Phi) is 4.89. The Morgan fingerprint density at radius 1 is 1.19 bits per heavy atom. The van der Waals surface area contributed by atoms with E-state index in [1.165, 1.54) is 12.8 Å². The molecule has 3 fully saturated rings. The quantitative estimate of drug-likeness (QED) is 0.439. The number of nitrogens with zero attached hydrogens (tertiary/aromatic N) is 5. The van der Waals surface area contributed by atoms with Gasteiger partial charge in [0.05, 0.1) is 23.3 Å². The van der Waals surface area contributed by atoms with Gasteiger partial charge in [-0.05, 0) is 61.8 Å². The van der Waals surface area contributed by atoms with Crippen LogP contribution in [0, 0.1) is 11.8 Å². The molecule has 8 nitrogen and oxygen atoms in total. The summed E-state index contributed by atoms with van der Waals surface area (Å²) in [6, 6.07) is 8.00. The second-order valence-corrected chi connectivity index (χ2v) is 11.1. The average molecular weight is 505 g/mol. The number of pyridine rings is 1. The van der Waals surface area contributed by atoms with Crippen molar-refractivity contribution in [3.63, 3.8) is 0 Å². The summed E-state index contributed by atoms with van der Waals surface area (Å²) in [6.07, 6.45) is 6.25. The zero-order valence-electron chi connectivity index (χ0n) is 20.4. The number of hydrogen-bond acceptors (Lipinski definition) is 5. The molecule has 186 valence electrons. The van der Waals surface area contributed by atoms with E-state index in [4.69, 9.17) is 27.1 Å². The number of amides is 1. The van der Waals surface area contributed by atoms with E-state index < -0.39 is 0 Å². The van der Waals surface area contributed by atoms with E-state index in [0.29, 0.717) is 28.2 Å². The number of aryl methyl sites for hydroxylation is 1. The number of methoxy groups -OCH3 is 1. The first kappa shape index (κ1) is 22.1. The van der Waals surface area contributed by atoms with Crippen molar-refractivity contribution in [2.45, 2.75) is 44.3 Å². The zero-order chi connectivity index (χ0) is 24.7. The second kappa shape index (κ2) is 7.95. The Morgan fingerprint density at radius 2 is 2.03 bits per heavy atom. The number of rotatable bonds is 5. The fourth-order valence-electron chi connectivity index (χ4n) is 6.31. The van der Waals surface area contributed by atoms with Crippen LogP contribution in [-0.2, 0) is 13.6 Å². The normalized spacial score (nSPS) is 23.3. The van der Waals surface area contributed by atoms with Gasteiger partial charge >= 0.3 is 0 Å². The van der Waals surface area contributed by atoms with Gasteiger partial charge in [-0.25, -0.2) is 9.97 Å². The Balaban J connectivity index is 1.35. The molecule has 0 radical (unpaired) electrons. The van der Waals surface area contributed by atoms with Crippen molar-refractivity contribution in [1.82, 2.24) is 24.0 Å². The number of carbonyl (C=O) groups excluding carboxylic acids is 1. The lowest BCUT2D eigenvalue weighted by atomic mass is 10.1. The van der Waals surface area contributed by atoms with Gasteiger partial charge in [0.2, 0.25) is 0 Å². The average Bonchev–Trinajstić information content (AvgIpc) is 3.28. The smallest absolute Gasteiger partial charge is 0.254 e. The Labute approximate surface area is 214 Å². The molecule has 3 aliphatic rings. The summed E-state index contributed by atoms with van der Waals surface area (Å²) in [5.74, 6) is 2.52. The van der Waals surface area contributed by atoms with Crippen LogP contribution in [0.4, 0.5) is 0 Å². The van der Waals surface area contributed by atoms with E-state index >= 15 is 0 Å². The maximum Gasteiger partial charge on any atom is 0.254 e. The van der Waals surface area contributed by atoms with Crippen molar-refractivity contribution in [1.29, 1.82) is 0 Å². The van der Waals surface area contributed by atoms with Crippen LogP contribution in [-0.4, -0.2) is 55.6 Å². The molecule has 2 saturated carbocycles. The number of piperidine rings is 1. The van der Waals surface area contributed by atoms with Crippen LogP contribution in [0.5, 0.6) is 5.75 Å². The SMILES string of the molecule is COc1cc(C(=O)N2CC3CCC2C3N)cc2nc(-c3cc4cc(Cl)cnc4n3CC3CC3)n(C)c12. The molecule has 1 aliphatic heterocycles. The summed E-state index contributed by atoms with van der Waals surface area (Å²) in [5.41, 5.74) is 10.5. The van der Waals surface area contributed by atoms with E-state index in [1.807, 2.05) is 30.1 Å². The first-order valence-electron chi connectivity index (χ1n) is 12.7. The first-order valence-corrected chi connectivity index (χ1v) is 13.1. The molecular formula is C27H29ClN6O2. The number of aromatic nitrogens is 4. The Hall–Kier alpha value is -3.10. The number of fused-ring (bicyclic) bond motifs is 4. The highest BCUT2D eigenvalue weighted by atomic mass is 35.5. The van der Waals surface area contributed by atoms with Crippen molar-refractivity contribution in [2.24, 2.45) is 24.6 Å². The van der Waals surface area contributed by atoms with Crippen molar-refractivity contribution < 1.29 is 9.53 Å². The lowest BCUT2D eigenvalue weighted by Crippen LogP contribution is -2.41. The van der Waals surface area contributed by atoms with Crippen molar-refractivity contribution in [3.05, 3.63) is 41.0 Å². The highest BCUT2D eigenvalue weighted by Crippen LogP contribution is 2.40. The highest BCUT2D eigenvalue weighted by molar-refractivity contribution is 6.31. The summed E-state index contributed by atoms with van der Waals surface area (Å²) in [4.78, 5) is 25.2. The van der Waals surface area contributed by atoms with Gasteiger partial charge < -0.3 is 24.5 Å². The molecule has 0 spiro atoms. The number of hydrogen-bond donors (Lipinski definition) is 1. The number of nitrogens with two attached hydrogens (primary N) is 1. The van der Waals surface area contributed by atoms with Crippen LogP contribution in [0.2, 0.25) is 5.02 Å². The van der Waals surface area contributed by atoms with E-state index in [2.05, 4.69) is 20.2 Å². The molecule has 3 atom stereocenters. The highest BCUT2D eigenvalue weighted by Gasteiger charge is 2.47. The maximum absolute atomic E-state index is 13.5. The molecule has 1 aromatic carbocycles. The molecule has 9 heteroatoms. The maximum atomic E-state index is 13.5. The third kappa shape index (κ3) is 3.27. The topological polar surface area (TPSA) is 91.2 Å². The second-order valence-electron chi connectivity index (χ2n) is 10.6. The van der Waals surface area contributed by atoms with Crippen LogP contribution < -0.4 is 10.5 Å². The molecule has 1 amide bonds. The van der Waals surface area contributed by atoms with Gasteiger partial charge in [0.1, 0.15) is 16.9 Å². The molecule has 36 heavy (non-hydrogen) atoms. The predicted octanol–water partition coefficient (Wildman–Crippen LogP) is 4.22. The molecular weight excluding hydrogens is 476 g/mol. The number of halogens is 1. The van der Waals surface area contributed by atoms with Crippen LogP contribution in [0.15, 0.2) is 30.5 Å². The third-order valence-electron chi connectivity index (χ3n) is 8.38. The molecule has 3 aromatic heterocycles. The zero-order valence-corrected chi connectivity index (χ0v) is 21.2. The first-order chi connectivity index (χ1) is 17.4. The van der Waals surface area contributed by atoms with Gasteiger partial charge in [-0.1, -0.05) is 11.6 Å². The lowest BCUT2D eigenvalue weighted by molar-refractivity contribution is 0.0700. The lowest BCUT2D eigenvalue weighted by Gasteiger charge is -2.27. The minimum Gasteiger partial charge on any atom is -0.494 e. The van der Waals surface area contributed by atoms with Gasteiger partial charge in [-0.15, -0.1) is 0 Å². The summed E-state index contributed by atoms with van der Waals surface area (Å²) >= 11 is 6.26. The van der Waals surface area contributed by atoms with Gasteiger partial charge in [0.25, 0.3) is 5.91 Å². The van der Waals surface area contributed by atoms with Gasteiger partial charge in [0.15, 0.2) is 5.82 Å². The summed E-state index contributed by atoms with van der Waals surface area (Å²) in [7, 11) is 3.63. The molecule has 4 heterocycles. The van der Waals surface area contributed by atoms with Gasteiger partial charge in [0, 0.05) is 49.4 Å². The largest absolute Gasteiger partial charge is 0.494 e. The van der Waals surface area contributed by atoms with E-state index in [-0.39, 0.29) is 18.0 Å². The fraction of sp³-hybridized carbons (Fsp3) is 0.444. The van der Waals surface area contributed by atoms with E-state index in [9.17, 15) is 4.79 Å². The predicted molar refractivity (Wildman–Crippen MR) is 139 cm³/mol. The van der Waals surface area contributed by atoms with Crippen LogP contribution in [0.3, 0.4) is 0 Å². The number of ether oxygens (including phenoxy) is 1. The van der Waals surface area contributed by atoms with Crippen molar-refractivity contribution in [2.75, 3.05) is 13.7 Å². The molecule has 7 rings (SSSR count). The standard InChI is InChI=1S/C27H29ClN6O2/c1-32-24-19(8-17(10-22(24)36-2)27(35)34-13-15-5-6-20(34)23(15)29)31-26(32)21-9-16-7-18(28)11-30-25(16)33(21)12-14-3-4-14/h7-11,14-15,20,23H,3-6,12-13,29H2,1-2H3. The van der Waals surface area contributed by atoms with Gasteiger partial charge in [-0.2, -0.15) is 0 Å². The molecule has 2 N–H and O–H groups in total. The number of imidazole rings is 1. The fourth-order valence-corrected chi connectivity index (χ4v) is 6.48. The van der Waals surface area contributed by atoms with Crippen LogP contribution >= 0.6 is 11.6 Å². The molecule has 4 aromatic rings.